The highest BCUT2D eigenvalue weighted by atomic mass is 35.5. The summed E-state index contributed by atoms with van der Waals surface area (Å²) < 4.78 is 0. The summed E-state index contributed by atoms with van der Waals surface area (Å²) >= 11 is 0. The van der Waals surface area contributed by atoms with Gasteiger partial charge in [0.2, 0.25) is 0 Å². The molecule has 1 heterocycles. The number of halogens is 1. The van der Waals surface area contributed by atoms with Crippen molar-refractivity contribution in [3.63, 3.8) is 0 Å². The lowest BCUT2D eigenvalue weighted by atomic mass is 9.76. The summed E-state index contributed by atoms with van der Waals surface area (Å²) in [4.78, 5) is 17.2. The molecular weight excluding hydrogens is 376 g/mol. The SMILES string of the molecule is Cc1cccc(C)c1C(C(=O)O)(c1ccccc1)N1CCN(CCO)CC1.Cl. The van der Waals surface area contributed by atoms with Gasteiger partial charge in [-0.2, -0.15) is 0 Å². The number of hydrogen-bond acceptors (Lipinski definition) is 4. The van der Waals surface area contributed by atoms with E-state index in [1.807, 2.05) is 62.4 Å². The summed E-state index contributed by atoms with van der Waals surface area (Å²) in [5.74, 6) is -0.846. The van der Waals surface area contributed by atoms with Crippen molar-refractivity contribution in [2.24, 2.45) is 0 Å². The monoisotopic (exact) mass is 404 g/mol. The normalized spacial score (nSPS) is 17.5. The van der Waals surface area contributed by atoms with Gasteiger partial charge < -0.3 is 10.2 Å². The average Bonchev–Trinajstić information content (AvgIpc) is 2.66. The Bertz CT molecular complexity index is 771. The maximum atomic E-state index is 12.9. The van der Waals surface area contributed by atoms with Gasteiger partial charge in [-0.1, -0.05) is 48.5 Å². The molecule has 0 radical (unpaired) electrons. The van der Waals surface area contributed by atoms with E-state index in [2.05, 4.69) is 9.80 Å². The smallest absolute Gasteiger partial charge is 0.333 e. The van der Waals surface area contributed by atoms with Crippen molar-refractivity contribution in [2.75, 3.05) is 39.3 Å². The van der Waals surface area contributed by atoms with Crippen molar-refractivity contribution in [1.82, 2.24) is 9.80 Å². The summed E-state index contributed by atoms with van der Waals surface area (Å²) in [5, 5.41) is 19.8. The predicted octanol–water partition coefficient (Wildman–Crippen LogP) is 2.66. The van der Waals surface area contributed by atoms with Gasteiger partial charge in [0.15, 0.2) is 5.54 Å². The maximum Gasteiger partial charge on any atom is 0.333 e. The topological polar surface area (TPSA) is 64.0 Å². The Balaban J connectivity index is 0.00000280. The van der Waals surface area contributed by atoms with Crippen LogP contribution >= 0.6 is 12.4 Å². The molecule has 0 bridgehead atoms. The molecule has 5 nitrogen and oxygen atoms in total. The third-order valence-electron chi connectivity index (χ3n) is 5.61. The van der Waals surface area contributed by atoms with Crippen LogP contribution in [0.4, 0.5) is 0 Å². The minimum absolute atomic E-state index is 0. The Morgan fingerprint density at radius 3 is 2.04 bits per heavy atom. The number of carboxylic acid groups (broad SMARTS) is 1. The molecule has 2 N–H and O–H groups in total. The van der Waals surface area contributed by atoms with E-state index < -0.39 is 11.5 Å². The molecule has 2 aromatic carbocycles. The number of hydrogen-bond donors (Lipinski definition) is 2. The van der Waals surface area contributed by atoms with Crippen LogP contribution in [0.1, 0.15) is 22.3 Å². The molecule has 0 aliphatic carbocycles. The van der Waals surface area contributed by atoms with Crippen LogP contribution in [-0.2, 0) is 10.3 Å². The van der Waals surface area contributed by atoms with Crippen LogP contribution in [0.25, 0.3) is 0 Å². The number of carboxylic acids is 1. The molecule has 152 valence electrons. The van der Waals surface area contributed by atoms with Crippen molar-refractivity contribution in [2.45, 2.75) is 19.4 Å². The summed E-state index contributed by atoms with van der Waals surface area (Å²) in [6, 6.07) is 15.5. The molecule has 3 rings (SSSR count). The van der Waals surface area contributed by atoms with Gasteiger partial charge in [-0.05, 0) is 36.1 Å². The fourth-order valence-corrected chi connectivity index (χ4v) is 4.36. The molecule has 0 spiro atoms. The van der Waals surface area contributed by atoms with Gasteiger partial charge in [0.25, 0.3) is 0 Å². The summed E-state index contributed by atoms with van der Waals surface area (Å²) in [6.45, 7) is 7.49. The standard InChI is InChI=1S/C22H28N2O3.ClH/c1-17-7-6-8-18(2)20(17)22(21(26)27,19-9-4-3-5-10-19)24-13-11-23(12-14-24)15-16-25;/h3-10,25H,11-16H2,1-2H3,(H,26,27);1H. The Morgan fingerprint density at radius 1 is 0.964 bits per heavy atom. The molecule has 1 unspecified atom stereocenters. The number of aryl methyl sites for hydroxylation is 2. The highest BCUT2D eigenvalue weighted by Crippen LogP contribution is 2.40. The van der Waals surface area contributed by atoms with Crippen molar-refractivity contribution >= 4 is 18.4 Å². The Kier molecular flexibility index (Phi) is 7.61. The number of aliphatic hydroxyl groups is 1. The molecule has 1 fully saturated rings. The number of benzene rings is 2. The van der Waals surface area contributed by atoms with Gasteiger partial charge in [0.1, 0.15) is 0 Å². The lowest BCUT2D eigenvalue weighted by Gasteiger charge is -2.46. The van der Waals surface area contributed by atoms with E-state index in [1.165, 1.54) is 0 Å². The quantitative estimate of drug-likeness (QED) is 0.775. The van der Waals surface area contributed by atoms with Crippen molar-refractivity contribution in [3.8, 4) is 0 Å². The van der Waals surface area contributed by atoms with Crippen LogP contribution in [0, 0.1) is 13.8 Å². The number of piperazine rings is 1. The number of rotatable bonds is 6. The molecule has 0 aromatic heterocycles. The Hall–Kier alpha value is -1.92. The second-order valence-corrected chi connectivity index (χ2v) is 7.20. The lowest BCUT2D eigenvalue weighted by molar-refractivity contribution is -0.151. The zero-order chi connectivity index (χ0) is 19.4. The van der Waals surface area contributed by atoms with Crippen molar-refractivity contribution in [3.05, 3.63) is 70.8 Å². The third-order valence-corrected chi connectivity index (χ3v) is 5.61. The summed E-state index contributed by atoms with van der Waals surface area (Å²) in [6.07, 6.45) is 0. The maximum absolute atomic E-state index is 12.9. The molecule has 0 saturated carbocycles. The van der Waals surface area contributed by atoms with E-state index in [0.717, 1.165) is 35.3 Å². The van der Waals surface area contributed by atoms with Crippen LogP contribution in [0.2, 0.25) is 0 Å². The Labute approximate surface area is 173 Å². The van der Waals surface area contributed by atoms with Crippen LogP contribution < -0.4 is 0 Å². The fourth-order valence-electron chi connectivity index (χ4n) is 4.36. The first kappa shape index (κ1) is 22.4. The predicted molar refractivity (Wildman–Crippen MR) is 113 cm³/mol. The summed E-state index contributed by atoms with van der Waals surface area (Å²) in [5.41, 5.74) is 2.39. The molecule has 1 aliphatic heterocycles. The van der Waals surface area contributed by atoms with Crippen molar-refractivity contribution in [1.29, 1.82) is 0 Å². The first-order valence-electron chi connectivity index (χ1n) is 9.45. The molecule has 1 aliphatic rings. The van der Waals surface area contributed by atoms with Gasteiger partial charge in [-0.15, -0.1) is 12.4 Å². The highest BCUT2D eigenvalue weighted by Gasteiger charge is 2.49. The minimum Gasteiger partial charge on any atom is -0.479 e. The first-order chi connectivity index (χ1) is 13.0. The molecule has 6 heteroatoms. The van der Waals surface area contributed by atoms with Gasteiger partial charge in [0.05, 0.1) is 6.61 Å². The lowest BCUT2D eigenvalue weighted by Crippen LogP contribution is -2.60. The number of nitrogens with zero attached hydrogens (tertiary/aromatic N) is 2. The van der Waals surface area contributed by atoms with Crippen LogP contribution in [0.15, 0.2) is 48.5 Å². The van der Waals surface area contributed by atoms with Gasteiger partial charge >= 0.3 is 5.97 Å². The molecule has 1 atom stereocenters. The Morgan fingerprint density at radius 2 is 1.54 bits per heavy atom. The second-order valence-electron chi connectivity index (χ2n) is 7.20. The van der Waals surface area contributed by atoms with Crippen LogP contribution in [0.3, 0.4) is 0 Å². The first-order valence-corrected chi connectivity index (χ1v) is 9.45. The van der Waals surface area contributed by atoms with Gasteiger partial charge in [0, 0.05) is 32.7 Å². The van der Waals surface area contributed by atoms with Crippen LogP contribution in [-0.4, -0.2) is 65.3 Å². The van der Waals surface area contributed by atoms with E-state index >= 15 is 0 Å². The number of aliphatic carboxylic acids is 1. The highest BCUT2D eigenvalue weighted by molar-refractivity contribution is 5.86. The number of β-amino-alcohol motifs (C(OH)–C–C–N with tert-alkyl or cyclic N) is 1. The summed E-state index contributed by atoms with van der Waals surface area (Å²) in [7, 11) is 0. The van der Waals surface area contributed by atoms with Gasteiger partial charge in [-0.3, -0.25) is 9.80 Å². The van der Waals surface area contributed by atoms with E-state index in [-0.39, 0.29) is 19.0 Å². The zero-order valence-corrected chi connectivity index (χ0v) is 17.3. The zero-order valence-electron chi connectivity index (χ0n) is 16.5. The van der Waals surface area contributed by atoms with Crippen LogP contribution in [0.5, 0.6) is 0 Å². The van der Waals surface area contributed by atoms with Crippen molar-refractivity contribution < 1.29 is 15.0 Å². The third kappa shape index (κ3) is 3.94. The molecule has 1 saturated heterocycles. The molecule has 28 heavy (non-hydrogen) atoms. The van der Waals surface area contributed by atoms with E-state index in [0.29, 0.717) is 19.6 Å². The minimum atomic E-state index is -1.22. The molecule has 2 aromatic rings. The fraction of sp³-hybridized carbons (Fsp3) is 0.409. The van der Waals surface area contributed by atoms with Gasteiger partial charge in [-0.25, -0.2) is 4.79 Å². The molecule has 0 amide bonds. The number of carbonyl (C=O) groups is 1. The average molecular weight is 405 g/mol. The number of aliphatic hydroxyl groups excluding tert-OH is 1. The van der Waals surface area contributed by atoms with E-state index in [9.17, 15) is 15.0 Å². The molecular formula is C22H29ClN2O3. The second kappa shape index (κ2) is 9.52. The van der Waals surface area contributed by atoms with E-state index in [1.54, 1.807) is 0 Å². The largest absolute Gasteiger partial charge is 0.479 e. The van der Waals surface area contributed by atoms with E-state index in [4.69, 9.17) is 0 Å².